The van der Waals surface area contributed by atoms with Gasteiger partial charge in [-0.15, -0.1) is 0 Å². The Kier molecular flexibility index (Phi) is 4.19. The number of halogens is 1. The van der Waals surface area contributed by atoms with Crippen molar-refractivity contribution in [1.29, 1.82) is 0 Å². The lowest BCUT2D eigenvalue weighted by Crippen LogP contribution is -3.00. The number of phenolic OH excluding ortho intramolecular Hbond substituents is 1. The topological polar surface area (TPSA) is 69.5 Å². The molecule has 1 spiro atoms. The molecule has 2 aromatic rings. The molecule has 4 atom stereocenters. The highest BCUT2D eigenvalue weighted by atomic mass is 35.5. The average molecular weight is 451 g/mol. The first kappa shape index (κ1) is 20.3. The molecule has 1 fully saturated rings. The second-order valence-corrected chi connectivity index (χ2v) is 9.72. The Labute approximate surface area is 193 Å². The predicted molar refractivity (Wildman–Crippen MR) is 117 cm³/mol. The molecular formula is C26H27ClN2O3. The smallest absolute Gasteiger partial charge is 0.186 e. The Morgan fingerprint density at radius 1 is 1.25 bits per heavy atom. The molecule has 1 saturated heterocycles. The van der Waals surface area contributed by atoms with Crippen molar-refractivity contribution >= 4 is 11.3 Å². The Hall–Kier alpha value is -2.31. The first-order chi connectivity index (χ1) is 15.1. The fraction of sp³-hybridized carbons (Fsp3) is 0.385. The molecule has 6 heteroatoms. The maximum atomic E-state index is 12.7. The van der Waals surface area contributed by atoms with E-state index in [-0.39, 0.29) is 30.3 Å². The van der Waals surface area contributed by atoms with Crippen LogP contribution in [0, 0.1) is 0 Å². The summed E-state index contributed by atoms with van der Waals surface area (Å²) in [6.45, 7) is 3.82. The number of benzene rings is 2. The quantitative estimate of drug-likeness (QED) is 0.420. The fourth-order valence-corrected chi connectivity index (χ4v) is 7.31. The summed E-state index contributed by atoms with van der Waals surface area (Å²) in [6.07, 6.45) is 6.25. The summed E-state index contributed by atoms with van der Waals surface area (Å²) in [5, 5.41) is 25.6. The highest BCUT2D eigenvalue weighted by Gasteiger charge is 2.74. The van der Waals surface area contributed by atoms with Crippen molar-refractivity contribution in [3.05, 3.63) is 70.9 Å². The number of phenols is 1. The summed E-state index contributed by atoms with van der Waals surface area (Å²) >= 11 is 0. The van der Waals surface area contributed by atoms with Crippen LogP contribution in [0.5, 0.6) is 11.5 Å². The first-order valence-corrected chi connectivity index (χ1v) is 11.4. The number of hydrogen-bond acceptors (Lipinski definition) is 4. The highest BCUT2D eigenvalue weighted by molar-refractivity contribution is 5.82. The minimum atomic E-state index is -0.937. The normalized spacial score (nSPS) is 33.4. The number of ether oxygens (including phenoxy) is 1. The minimum Gasteiger partial charge on any atom is -1.00 e. The number of nitrogens with two attached hydrogens (primary N) is 1. The van der Waals surface area contributed by atoms with Crippen molar-refractivity contribution in [2.45, 2.75) is 49.3 Å². The van der Waals surface area contributed by atoms with Crippen molar-refractivity contribution in [1.82, 2.24) is 4.90 Å². The van der Waals surface area contributed by atoms with Gasteiger partial charge in [0.1, 0.15) is 5.69 Å². The monoisotopic (exact) mass is 450 g/mol. The standard InChI is InChI=1S/C26H26N2O3.ClH/c1-2-3-11-28-12-10-25-21-15-8-9-19(29)23(21)31-24(25)22-17(14-26(25,30)20(28)13-15)16-6-4-5-7-18(16)27-22;/h2-9,20,24,27,29-30H,10-14H2,1H3;1H/b3-2+;/t20-,24+,25+,26-;/m1./s1. The van der Waals surface area contributed by atoms with Gasteiger partial charge in [0, 0.05) is 48.3 Å². The number of piperidine rings is 1. The Morgan fingerprint density at radius 3 is 2.94 bits per heavy atom. The van der Waals surface area contributed by atoms with Gasteiger partial charge in [-0.05, 0) is 37.5 Å². The van der Waals surface area contributed by atoms with Crippen LogP contribution in [0.15, 0.2) is 54.2 Å². The molecule has 166 valence electrons. The van der Waals surface area contributed by atoms with E-state index in [1.807, 2.05) is 6.07 Å². The van der Waals surface area contributed by atoms with Crippen LogP contribution in [0.25, 0.3) is 5.57 Å². The first-order valence-electron chi connectivity index (χ1n) is 11.4. The number of aromatic hydroxyl groups is 1. The third-order valence-corrected chi connectivity index (χ3v) is 8.57. The van der Waals surface area contributed by atoms with Gasteiger partial charge in [0.2, 0.25) is 0 Å². The zero-order valence-corrected chi connectivity index (χ0v) is 18.8. The molecule has 2 aliphatic carbocycles. The summed E-state index contributed by atoms with van der Waals surface area (Å²) in [7, 11) is 0. The Bertz CT molecular complexity index is 1210. The number of quaternary nitrogens is 1. The third-order valence-electron chi connectivity index (χ3n) is 8.57. The number of rotatable bonds is 2. The lowest BCUT2D eigenvalue weighted by molar-refractivity contribution is -0.524. The molecule has 5 nitrogen and oxygen atoms in total. The number of aliphatic hydroxyl groups is 1. The largest absolute Gasteiger partial charge is 1.00 e. The number of para-hydroxylation sites is 1. The Morgan fingerprint density at radius 2 is 2.09 bits per heavy atom. The second-order valence-electron chi connectivity index (χ2n) is 9.72. The third kappa shape index (κ3) is 2.15. The van der Waals surface area contributed by atoms with E-state index in [4.69, 9.17) is 4.74 Å². The summed E-state index contributed by atoms with van der Waals surface area (Å²) in [6, 6.07) is 12.3. The predicted octanol–water partition coefficient (Wildman–Crippen LogP) is -0.644. The van der Waals surface area contributed by atoms with Gasteiger partial charge in [0.15, 0.2) is 23.3 Å². The van der Waals surface area contributed by atoms with Gasteiger partial charge in [-0.25, -0.2) is 0 Å². The van der Waals surface area contributed by atoms with Crippen molar-refractivity contribution < 1.29 is 32.7 Å². The zero-order chi connectivity index (χ0) is 21.0. The van der Waals surface area contributed by atoms with E-state index in [9.17, 15) is 10.2 Å². The number of allylic oxidation sites excluding steroid dienone is 1. The molecule has 2 bridgehead atoms. The molecule has 32 heavy (non-hydrogen) atoms. The van der Waals surface area contributed by atoms with Crippen molar-refractivity contribution in [3.8, 4) is 11.5 Å². The van der Waals surface area contributed by atoms with Gasteiger partial charge in [0.05, 0.1) is 11.0 Å². The van der Waals surface area contributed by atoms with E-state index in [0.29, 0.717) is 12.2 Å². The van der Waals surface area contributed by atoms with E-state index in [1.54, 1.807) is 6.07 Å². The van der Waals surface area contributed by atoms with E-state index < -0.39 is 11.0 Å². The molecule has 0 unspecified atom stereocenters. The summed E-state index contributed by atoms with van der Waals surface area (Å²) in [5.41, 5.74) is 5.66. The molecule has 5 aliphatic rings. The molecule has 0 radical (unpaired) electrons. The highest BCUT2D eigenvalue weighted by Crippen LogP contribution is 2.67. The number of hydrogen-bond donors (Lipinski definition) is 3. The van der Waals surface area contributed by atoms with Crippen molar-refractivity contribution in [2.75, 3.05) is 13.1 Å². The molecular weight excluding hydrogens is 424 g/mol. The maximum Gasteiger partial charge on any atom is 0.186 e. The van der Waals surface area contributed by atoms with Gasteiger partial charge >= 0.3 is 0 Å². The maximum absolute atomic E-state index is 12.7. The number of likely N-dealkylation sites (tertiary alicyclic amines) is 1. The van der Waals surface area contributed by atoms with Gasteiger partial charge in [-0.2, -0.15) is 0 Å². The minimum absolute atomic E-state index is 0. The summed E-state index contributed by atoms with van der Waals surface area (Å²) < 4.78 is 6.60. The van der Waals surface area contributed by atoms with Gasteiger partial charge in [0.25, 0.3) is 0 Å². The van der Waals surface area contributed by atoms with Crippen LogP contribution >= 0.6 is 0 Å². The summed E-state index contributed by atoms with van der Waals surface area (Å²) in [5.74, 6) is 0.789. The molecule has 3 heterocycles. The van der Waals surface area contributed by atoms with Crippen LogP contribution in [0.4, 0.5) is 5.69 Å². The fourth-order valence-electron chi connectivity index (χ4n) is 7.31. The van der Waals surface area contributed by atoms with E-state index in [2.05, 4.69) is 53.6 Å². The number of fused-ring (bicyclic) bond motifs is 3. The van der Waals surface area contributed by atoms with E-state index in [0.717, 1.165) is 31.5 Å². The lowest BCUT2D eigenvalue weighted by Gasteiger charge is -2.62. The van der Waals surface area contributed by atoms with Crippen molar-refractivity contribution in [3.63, 3.8) is 0 Å². The van der Waals surface area contributed by atoms with E-state index in [1.165, 1.54) is 28.1 Å². The van der Waals surface area contributed by atoms with Crippen LogP contribution < -0.4 is 22.5 Å². The molecule has 0 aromatic heterocycles. The molecule has 2 aromatic carbocycles. The number of nitrogens with zero attached hydrogens (tertiary/aromatic N) is 1. The van der Waals surface area contributed by atoms with Crippen LogP contribution in [-0.2, 0) is 11.8 Å². The van der Waals surface area contributed by atoms with Crippen molar-refractivity contribution in [2.24, 2.45) is 0 Å². The van der Waals surface area contributed by atoms with Crippen LogP contribution in [0.1, 0.15) is 36.5 Å². The summed E-state index contributed by atoms with van der Waals surface area (Å²) in [4.78, 5) is 2.45. The van der Waals surface area contributed by atoms with E-state index >= 15 is 0 Å². The molecule has 0 amide bonds. The molecule has 4 N–H and O–H groups in total. The lowest BCUT2D eigenvalue weighted by atomic mass is 9.49. The second kappa shape index (κ2) is 6.61. The van der Waals surface area contributed by atoms with Crippen LogP contribution in [-0.4, -0.2) is 45.9 Å². The van der Waals surface area contributed by atoms with Crippen LogP contribution in [0.2, 0.25) is 0 Å². The van der Waals surface area contributed by atoms with Gasteiger partial charge in [-0.3, -0.25) is 10.2 Å². The molecule has 0 saturated carbocycles. The van der Waals surface area contributed by atoms with Crippen LogP contribution in [0.3, 0.4) is 0 Å². The van der Waals surface area contributed by atoms with Gasteiger partial charge < -0.3 is 27.4 Å². The molecule has 7 rings (SSSR count). The molecule has 3 aliphatic heterocycles. The average Bonchev–Trinajstić information content (AvgIpc) is 3.30. The van der Waals surface area contributed by atoms with Gasteiger partial charge in [-0.1, -0.05) is 30.4 Å². The zero-order valence-electron chi connectivity index (χ0n) is 18.0. The SMILES string of the molecule is C/C=C/CN1CC[C@]23c4c5ccc(O)c4O[C@H]2C2=C(C[C@@]3(O)[C@H]1C5)c1ccccc1[NH2+]2.[Cl-]. The Balaban J connectivity index is 0.00000196.